The summed E-state index contributed by atoms with van der Waals surface area (Å²) in [4.78, 5) is 13.3. The predicted molar refractivity (Wildman–Crippen MR) is 93.1 cm³/mol. The van der Waals surface area contributed by atoms with Gasteiger partial charge in [-0.3, -0.25) is 4.79 Å². The van der Waals surface area contributed by atoms with Crippen molar-refractivity contribution in [3.8, 4) is 5.75 Å². The Kier molecular flexibility index (Phi) is 6.17. The predicted octanol–water partition coefficient (Wildman–Crippen LogP) is 2.53. The molecule has 1 amide bonds. The van der Waals surface area contributed by atoms with Gasteiger partial charge in [0.25, 0.3) is 5.91 Å². The molecule has 0 aliphatic rings. The number of hydrogen-bond acceptors (Lipinski definition) is 2. The van der Waals surface area contributed by atoms with Gasteiger partial charge < -0.3 is 15.0 Å². The van der Waals surface area contributed by atoms with Gasteiger partial charge in [-0.2, -0.15) is 0 Å². The van der Waals surface area contributed by atoms with Gasteiger partial charge in [0.1, 0.15) is 6.54 Å². The molecule has 128 valence electrons. The molecule has 2 rings (SSSR count). The molecule has 0 aliphatic carbocycles. The van der Waals surface area contributed by atoms with Gasteiger partial charge in [-0.1, -0.05) is 11.6 Å². The molecule has 0 aromatic heterocycles. The second-order valence-electron chi connectivity index (χ2n) is 5.71. The molecule has 2 aromatic rings. The van der Waals surface area contributed by atoms with Crippen molar-refractivity contribution in [3.05, 3.63) is 58.9 Å². The molecule has 0 spiro atoms. The highest BCUT2D eigenvalue weighted by atomic mass is 35.5. The second-order valence-corrected chi connectivity index (χ2v) is 6.15. The number of anilines is 1. The first-order chi connectivity index (χ1) is 11.4. The third-order valence-corrected chi connectivity index (χ3v) is 4.20. The lowest BCUT2D eigenvalue weighted by Gasteiger charge is -2.21. The van der Waals surface area contributed by atoms with E-state index in [9.17, 15) is 9.18 Å². The van der Waals surface area contributed by atoms with Crippen molar-refractivity contribution in [1.29, 1.82) is 0 Å². The van der Waals surface area contributed by atoms with Crippen LogP contribution in [0.3, 0.4) is 0 Å². The molecule has 0 bridgehead atoms. The van der Waals surface area contributed by atoms with Gasteiger partial charge in [-0.15, -0.1) is 0 Å². The fourth-order valence-electron chi connectivity index (χ4n) is 2.30. The Balaban J connectivity index is 1.97. The van der Waals surface area contributed by atoms with Crippen LogP contribution in [-0.2, 0) is 11.3 Å². The number of benzene rings is 2. The maximum Gasteiger partial charge on any atom is 0.282 e. The molecule has 2 atom stereocenters. The maximum atomic E-state index is 13.8. The molecular weight excluding hydrogens is 331 g/mol. The number of ether oxygens (including phenoxy) is 1. The van der Waals surface area contributed by atoms with Gasteiger partial charge in [0.05, 0.1) is 14.2 Å². The van der Waals surface area contributed by atoms with Gasteiger partial charge in [0, 0.05) is 16.3 Å². The van der Waals surface area contributed by atoms with E-state index in [1.54, 1.807) is 36.4 Å². The number of carbonyl (C=O) groups excluding carboxylic acids is 1. The third kappa shape index (κ3) is 4.69. The molecule has 6 heteroatoms. The first-order valence-corrected chi connectivity index (χ1v) is 7.99. The summed E-state index contributed by atoms with van der Waals surface area (Å²) < 4.78 is 18.7. The van der Waals surface area contributed by atoms with Gasteiger partial charge in [-0.05, 0) is 49.4 Å². The molecule has 0 saturated carbocycles. The molecule has 2 aromatic carbocycles. The topological polar surface area (TPSA) is 42.8 Å². The first kappa shape index (κ1) is 18.2. The Morgan fingerprint density at radius 2 is 1.96 bits per heavy atom. The standard InChI is InChI=1S/C18H20ClFN2O2/c1-12(18(23)21-15-7-5-14(19)6-8-15)22(2)11-13-4-9-17(24-3)16(20)10-13/h4-10,12H,11H2,1-3H3,(H,21,23)/p+1/t12-/m1/s1. The molecule has 2 N–H and O–H groups in total. The third-order valence-electron chi connectivity index (χ3n) is 3.94. The summed E-state index contributed by atoms with van der Waals surface area (Å²) in [7, 11) is 3.33. The second kappa shape index (κ2) is 8.13. The smallest absolute Gasteiger partial charge is 0.282 e. The number of likely N-dealkylation sites (N-methyl/N-ethyl adjacent to an activating group) is 1. The van der Waals surface area contributed by atoms with Crippen LogP contribution in [0.1, 0.15) is 12.5 Å². The zero-order chi connectivity index (χ0) is 17.7. The summed E-state index contributed by atoms with van der Waals surface area (Å²) >= 11 is 5.83. The quantitative estimate of drug-likeness (QED) is 0.840. The van der Waals surface area contributed by atoms with Crippen LogP contribution < -0.4 is 15.0 Å². The number of carbonyl (C=O) groups is 1. The van der Waals surface area contributed by atoms with E-state index < -0.39 is 5.82 Å². The molecule has 1 unspecified atom stereocenters. The van der Waals surface area contributed by atoms with Crippen molar-refractivity contribution in [2.24, 2.45) is 0 Å². The Morgan fingerprint density at radius 1 is 1.29 bits per heavy atom. The maximum absolute atomic E-state index is 13.8. The van der Waals surface area contributed by atoms with Gasteiger partial charge in [0.2, 0.25) is 0 Å². The molecule has 0 heterocycles. The van der Waals surface area contributed by atoms with Crippen LogP contribution in [0.15, 0.2) is 42.5 Å². The minimum Gasteiger partial charge on any atom is -0.494 e. The van der Waals surface area contributed by atoms with Gasteiger partial charge in [0.15, 0.2) is 17.6 Å². The van der Waals surface area contributed by atoms with E-state index in [1.807, 2.05) is 14.0 Å². The van der Waals surface area contributed by atoms with Crippen LogP contribution in [0.5, 0.6) is 5.75 Å². The van der Waals surface area contributed by atoms with Crippen LogP contribution in [0.25, 0.3) is 0 Å². The van der Waals surface area contributed by atoms with E-state index in [0.717, 1.165) is 10.5 Å². The summed E-state index contributed by atoms with van der Waals surface area (Å²) in [6.07, 6.45) is 0. The van der Waals surface area contributed by atoms with Crippen molar-refractivity contribution >= 4 is 23.2 Å². The molecule has 0 aliphatic heterocycles. The minimum absolute atomic E-state index is 0.108. The highest BCUT2D eigenvalue weighted by molar-refractivity contribution is 6.30. The monoisotopic (exact) mass is 351 g/mol. The van der Waals surface area contributed by atoms with Crippen molar-refractivity contribution < 1.29 is 18.8 Å². The Morgan fingerprint density at radius 3 is 2.54 bits per heavy atom. The Bertz CT molecular complexity index is 707. The van der Waals surface area contributed by atoms with E-state index in [0.29, 0.717) is 17.3 Å². The fraction of sp³-hybridized carbons (Fsp3) is 0.278. The van der Waals surface area contributed by atoms with Crippen LogP contribution in [0, 0.1) is 5.82 Å². The summed E-state index contributed by atoms with van der Waals surface area (Å²) in [5.74, 6) is -0.296. The Labute approximate surface area is 146 Å². The number of halogens is 2. The lowest BCUT2D eigenvalue weighted by atomic mass is 10.1. The minimum atomic E-state index is -0.402. The van der Waals surface area contributed by atoms with Gasteiger partial charge >= 0.3 is 0 Å². The van der Waals surface area contributed by atoms with Crippen molar-refractivity contribution in [2.75, 3.05) is 19.5 Å². The van der Waals surface area contributed by atoms with Crippen molar-refractivity contribution in [2.45, 2.75) is 19.5 Å². The highest BCUT2D eigenvalue weighted by Crippen LogP contribution is 2.17. The van der Waals surface area contributed by atoms with E-state index in [1.165, 1.54) is 13.2 Å². The Hall–Kier alpha value is -2.11. The SMILES string of the molecule is COc1ccc(C[NH+](C)[C@H](C)C(=O)Nc2ccc(Cl)cc2)cc1F. The van der Waals surface area contributed by atoms with Crippen LogP contribution in [0.4, 0.5) is 10.1 Å². The van der Waals surface area contributed by atoms with E-state index in [-0.39, 0.29) is 17.7 Å². The number of rotatable bonds is 6. The number of nitrogens with one attached hydrogen (secondary N) is 2. The normalized spacial score (nSPS) is 13.2. The number of amides is 1. The van der Waals surface area contributed by atoms with Crippen molar-refractivity contribution in [3.63, 3.8) is 0 Å². The molecule has 0 radical (unpaired) electrons. The van der Waals surface area contributed by atoms with Crippen LogP contribution in [0.2, 0.25) is 5.02 Å². The van der Waals surface area contributed by atoms with E-state index >= 15 is 0 Å². The van der Waals surface area contributed by atoms with E-state index in [4.69, 9.17) is 16.3 Å². The zero-order valence-electron chi connectivity index (χ0n) is 13.9. The number of methoxy groups -OCH3 is 1. The summed E-state index contributed by atoms with van der Waals surface area (Å²) in [5, 5.41) is 3.47. The summed E-state index contributed by atoms with van der Waals surface area (Å²) in [6, 6.07) is 11.5. The fourth-order valence-corrected chi connectivity index (χ4v) is 2.43. The van der Waals surface area contributed by atoms with Gasteiger partial charge in [-0.25, -0.2) is 4.39 Å². The van der Waals surface area contributed by atoms with Crippen molar-refractivity contribution in [1.82, 2.24) is 0 Å². The molecule has 24 heavy (non-hydrogen) atoms. The lowest BCUT2D eigenvalue weighted by molar-refractivity contribution is -0.907. The average molecular weight is 352 g/mol. The average Bonchev–Trinajstić information content (AvgIpc) is 2.56. The first-order valence-electron chi connectivity index (χ1n) is 7.62. The molecule has 0 fully saturated rings. The lowest BCUT2D eigenvalue weighted by Crippen LogP contribution is -3.12. The molecule has 0 saturated heterocycles. The zero-order valence-corrected chi connectivity index (χ0v) is 14.7. The molecule has 4 nitrogen and oxygen atoms in total. The largest absolute Gasteiger partial charge is 0.494 e. The highest BCUT2D eigenvalue weighted by Gasteiger charge is 2.22. The summed E-state index contributed by atoms with van der Waals surface area (Å²) in [6.45, 7) is 2.36. The number of quaternary nitrogens is 1. The van der Waals surface area contributed by atoms with Crippen LogP contribution in [-0.4, -0.2) is 26.1 Å². The van der Waals surface area contributed by atoms with Crippen LogP contribution >= 0.6 is 11.6 Å². The summed E-state index contributed by atoms with van der Waals surface area (Å²) in [5.41, 5.74) is 1.50. The number of hydrogen-bond donors (Lipinski definition) is 2. The van der Waals surface area contributed by atoms with E-state index in [2.05, 4.69) is 5.32 Å². The molecular formula is C18H21ClFN2O2+.